The third-order valence-electron chi connectivity index (χ3n) is 4.80. The van der Waals surface area contributed by atoms with Crippen LogP contribution >= 0.6 is 11.6 Å². The van der Waals surface area contributed by atoms with Crippen LogP contribution in [0.4, 0.5) is 4.39 Å². The van der Waals surface area contributed by atoms with Gasteiger partial charge in [-0.2, -0.15) is 0 Å². The van der Waals surface area contributed by atoms with Gasteiger partial charge >= 0.3 is 5.63 Å². The van der Waals surface area contributed by atoms with Crippen molar-refractivity contribution in [1.29, 1.82) is 0 Å². The molecule has 4 aromatic rings. The fourth-order valence-corrected chi connectivity index (χ4v) is 3.64. The van der Waals surface area contributed by atoms with Crippen LogP contribution in [0.2, 0.25) is 5.02 Å². The molecule has 5 heteroatoms. The molecule has 0 aliphatic rings. The molecular formula is C24H19ClFNO2. The predicted octanol–water partition coefficient (Wildman–Crippen LogP) is 6.61. The van der Waals surface area contributed by atoms with Gasteiger partial charge in [0.2, 0.25) is 0 Å². The number of hydrogen-bond acceptors (Lipinski definition) is 3. The lowest BCUT2D eigenvalue weighted by Crippen LogP contribution is -2.15. The summed E-state index contributed by atoms with van der Waals surface area (Å²) in [5.74, 6) is -0.419. The van der Waals surface area contributed by atoms with Crippen molar-refractivity contribution in [2.75, 3.05) is 0 Å². The Morgan fingerprint density at radius 2 is 1.69 bits per heavy atom. The van der Waals surface area contributed by atoms with Crippen LogP contribution in [0.1, 0.15) is 26.3 Å². The normalized spacial score (nSPS) is 11.8. The summed E-state index contributed by atoms with van der Waals surface area (Å²) < 4.78 is 20.3. The van der Waals surface area contributed by atoms with Gasteiger partial charge in [0, 0.05) is 16.7 Å². The van der Waals surface area contributed by atoms with Crippen molar-refractivity contribution in [1.82, 2.24) is 4.98 Å². The summed E-state index contributed by atoms with van der Waals surface area (Å²) in [5, 5.41) is 0.310. The largest absolute Gasteiger partial charge is 0.419 e. The lowest BCUT2D eigenvalue weighted by Gasteiger charge is -2.21. The van der Waals surface area contributed by atoms with Crippen LogP contribution in [-0.4, -0.2) is 4.98 Å². The van der Waals surface area contributed by atoms with Crippen molar-refractivity contribution in [3.05, 3.63) is 87.5 Å². The number of halogens is 2. The van der Waals surface area contributed by atoms with Crippen LogP contribution in [0.5, 0.6) is 0 Å². The average molecular weight is 408 g/mol. The molecule has 0 aliphatic carbocycles. The van der Waals surface area contributed by atoms with E-state index in [-0.39, 0.29) is 11.1 Å². The van der Waals surface area contributed by atoms with E-state index >= 15 is 0 Å². The van der Waals surface area contributed by atoms with E-state index < -0.39 is 11.4 Å². The summed E-state index contributed by atoms with van der Waals surface area (Å²) in [5.41, 5.74) is 2.53. The highest BCUT2D eigenvalue weighted by Crippen LogP contribution is 2.37. The van der Waals surface area contributed by atoms with Crippen molar-refractivity contribution < 1.29 is 8.81 Å². The van der Waals surface area contributed by atoms with Crippen LogP contribution in [0, 0.1) is 5.82 Å². The first-order valence-corrected chi connectivity index (χ1v) is 9.62. The second-order valence-electron chi connectivity index (χ2n) is 7.93. The SMILES string of the molecule is CC(C)(C)c1cc(-c2c(F)cccc2Cl)cc2nc(-c3ccccc3)c(=O)oc12. The van der Waals surface area contributed by atoms with Gasteiger partial charge in [-0.1, -0.05) is 68.8 Å². The lowest BCUT2D eigenvalue weighted by molar-refractivity contribution is 0.527. The molecule has 0 N–H and O–H groups in total. The number of hydrogen-bond donors (Lipinski definition) is 0. The summed E-state index contributed by atoms with van der Waals surface area (Å²) in [7, 11) is 0. The highest BCUT2D eigenvalue weighted by atomic mass is 35.5. The van der Waals surface area contributed by atoms with E-state index in [0.717, 1.165) is 5.56 Å². The molecule has 0 unspecified atom stereocenters. The Balaban J connectivity index is 2.08. The standard InChI is InChI=1S/C24H19ClFNO2/c1-24(2,3)16-12-15(20-17(25)10-7-11-18(20)26)13-19-22(16)29-23(28)21(27-19)14-8-5-4-6-9-14/h4-13H,1-3H3. The molecule has 146 valence electrons. The summed E-state index contributed by atoms with van der Waals surface area (Å²) in [6.45, 7) is 6.00. The quantitative estimate of drug-likeness (QED) is 0.375. The second kappa shape index (κ2) is 7.12. The molecule has 1 aromatic heterocycles. The van der Waals surface area contributed by atoms with Gasteiger partial charge in [-0.05, 0) is 35.2 Å². The van der Waals surface area contributed by atoms with E-state index in [0.29, 0.717) is 32.8 Å². The molecule has 0 amide bonds. The Morgan fingerprint density at radius 1 is 0.966 bits per heavy atom. The zero-order valence-electron chi connectivity index (χ0n) is 16.3. The summed E-state index contributed by atoms with van der Waals surface area (Å²) in [6, 6.07) is 17.2. The molecule has 0 fully saturated rings. The summed E-state index contributed by atoms with van der Waals surface area (Å²) in [6.07, 6.45) is 0. The highest BCUT2D eigenvalue weighted by molar-refractivity contribution is 6.33. The molecule has 1 heterocycles. The molecule has 3 aromatic carbocycles. The zero-order valence-corrected chi connectivity index (χ0v) is 17.0. The summed E-state index contributed by atoms with van der Waals surface area (Å²) in [4.78, 5) is 17.3. The first kappa shape index (κ1) is 19.3. The first-order chi connectivity index (χ1) is 13.8. The van der Waals surface area contributed by atoms with Crippen molar-refractivity contribution in [2.45, 2.75) is 26.2 Å². The van der Waals surface area contributed by atoms with Gasteiger partial charge in [-0.25, -0.2) is 14.2 Å². The van der Waals surface area contributed by atoms with E-state index in [1.54, 1.807) is 30.3 Å². The molecule has 0 bridgehead atoms. The van der Waals surface area contributed by atoms with Gasteiger partial charge in [0.05, 0.1) is 5.02 Å². The van der Waals surface area contributed by atoms with E-state index in [9.17, 15) is 9.18 Å². The topological polar surface area (TPSA) is 43.1 Å². The number of benzene rings is 3. The molecule has 0 saturated carbocycles. The highest BCUT2D eigenvalue weighted by Gasteiger charge is 2.23. The molecule has 0 aliphatic heterocycles. The minimum atomic E-state index is -0.508. The van der Waals surface area contributed by atoms with Gasteiger partial charge in [-0.3, -0.25) is 0 Å². The Bertz CT molecular complexity index is 1250. The van der Waals surface area contributed by atoms with Crippen LogP contribution in [0.3, 0.4) is 0 Å². The molecule has 0 atom stereocenters. The van der Waals surface area contributed by atoms with Crippen molar-refractivity contribution in [3.63, 3.8) is 0 Å². The minimum Gasteiger partial charge on any atom is -0.419 e. The van der Waals surface area contributed by atoms with Crippen molar-refractivity contribution >= 4 is 22.7 Å². The third kappa shape index (κ3) is 3.56. The molecule has 0 radical (unpaired) electrons. The van der Waals surface area contributed by atoms with Crippen LogP contribution < -0.4 is 5.63 Å². The minimum absolute atomic E-state index is 0.217. The lowest BCUT2D eigenvalue weighted by atomic mass is 9.84. The first-order valence-electron chi connectivity index (χ1n) is 9.25. The van der Waals surface area contributed by atoms with Crippen molar-refractivity contribution in [2.24, 2.45) is 0 Å². The molecular weight excluding hydrogens is 389 g/mol. The Morgan fingerprint density at radius 3 is 2.34 bits per heavy atom. The maximum absolute atomic E-state index is 14.6. The zero-order chi connectivity index (χ0) is 20.8. The maximum Gasteiger partial charge on any atom is 0.363 e. The molecule has 4 rings (SSSR count). The molecule has 3 nitrogen and oxygen atoms in total. The maximum atomic E-state index is 14.6. The summed E-state index contributed by atoms with van der Waals surface area (Å²) >= 11 is 6.30. The smallest absolute Gasteiger partial charge is 0.363 e. The molecule has 29 heavy (non-hydrogen) atoms. The van der Waals surface area contributed by atoms with Crippen LogP contribution in [0.15, 0.2) is 69.9 Å². The van der Waals surface area contributed by atoms with Gasteiger partial charge in [0.1, 0.15) is 11.3 Å². The van der Waals surface area contributed by atoms with E-state index in [2.05, 4.69) is 4.98 Å². The molecule has 0 saturated heterocycles. The number of rotatable bonds is 2. The Labute approximate surface area is 172 Å². The average Bonchev–Trinajstić information content (AvgIpc) is 2.67. The number of aromatic nitrogens is 1. The van der Waals surface area contributed by atoms with Gasteiger partial charge in [0.15, 0.2) is 11.3 Å². The van der Waals surface area contributed by atoms with Crippen LogP contribution in [-0.2, 0) is 5.41 Å². The molecule has 0 spiro atoms. The van der Waals surface area contributed by atoms with Gasteiger partial charge < -0.3 is 4.42 Å². The number of fused-ring (bicyclic) bond motifs is 1. The monoisotopic (exact) mass is 407 g/mol. The fourth-order valence-electron chi connectivity index (χ4n) is 3.36. The second-order valence-corrected chi connectivity index (χ2v) is 8.34. The fraction of sp³-hybridized carbons (Fsp3) is 0.167. The van der Waals surface area contributed by atoms with E-state index in [1.165, 1.54) is 6.07 Å². The van der Waals surface area contributed by atoms with Gasteiger partial charge in [0.25, 0.3) is 0 Å². The Kier molecular flexibility index (Phi) is 4.75. The third-order valence-corrected chi connectivity index (χ3v) is 5.11. The predicted molar refractivity (Wildman–Crippen MR) is 115 cm³/mol. The van der Waals surface area contributed by atoms with Crippen molar-refractivity contribution in [3.8, 4) is 22.4 Å². The van der Waals surface area contributed by atoms with E-state index in [1.807, 2.05) is 45.0 Å². The van der Waals surface area contributed by atoms with Crippen LogP contribution in [0.25, 0.3) is 33.5 Å². The van der Waals surface area contributed by atoms with E-state index in [4.69, 9.17) is 16.0 Å². The number of nitrogens with zero attached hydrogens (tertiary/aromatic N) is 1. The Hall–Kier alpha value is -2.98. The van der Waals surface area contributed by atoms with Gasteiger partial charge in [-0.15, -0.1) is 0 Å².